The van der Waals surface area contributed by atoms with Crippen LogP contribution in [0.1, 0.15) is 12.0 Å². The maximum Gasteiger partial charge on any atom is 0.262 e. The van der Waals surface area contributed by atoms with Gasteiger partial charge in [-0.3, -0.25) is 9.52 Å². The lowest BCUT2D eigenvalue weighted by atomic mass is 10.1. The van der Waals surface area contributed by atoms with Gasteiger partial charge >= 0.3 is 0 Å². The van der Waals surface area contributed by atoms with Gasteiger partial charge in [-0.15, -0.1) is 0 Å². The first-order valence-corrected chi connectivity index (χ1v) is 11.8. The Kier molecular flexibility index (Phi) is 5.44. The zero-order chi connectivity index (χ0) is 20.5. The van der Waals surface area contributed by atoms with Crippen LogP contribution in [0.4, 0.5) is 15.8 Å². The van der Waals surface area contributed by atoms with Crippen molar-refractivity contribution in [3.05, 3.63) is 53.8 Å². The summed E-state index contributed by atoms with van der Waals surface area (Å²) < 4.78 is 64.4. The molecule has 1 fully saturated rings. The number of anilines is 2. The highest BCUT2D eigenvalue weighted by molar-refractivity contribution is 7.92. The van der Waals surface area contributed by atoms with Crippen molar-refractivity contribution in [2.24, 2.45) is 5.92 Å². The molecule has 3 rings (SSSR count). The number of hydrogen-bond donors (Lipinski definition) is 2. The zero-order valence-corrected chi connectivity index (χ0v) is 16.6. The summed E-state index contributed by atoms with van der Waals surface area (Å²) in [5.41, 5.74) is 0.437. The van der Waals surface area contributed by atoms with Crippen LogP contribution in [0.3, 0.4) is 0 Å². The Morgan fingerprint density at radius 2 is 1.89 bits per heavy atom. The van der Waals surface area contributed by atoms with E-state index in [4.69, 9.17) is 0 Å². The lowest BCUT2D eigenvalue weighted by molar-refractivity contribution is -0.119. The van der Waals surface area contributed by atoms with Gasteiger partial charge in [0.05, 0.1) is 28.0 Å². The monoisotopic (exact) mass is 426 g/mol. The van der Waals surface area contributed by atoms with Gasteiger partial charge in [0.25, 0.3) is 10.0 Å². The molecule has 2 aromatic carbocycles. The van der Waals surface area contributed by atoms with Crippen molar-refractivity contribution < 1.29 is 26.0 Å². The molecule has 0 aliphatic carbocycles. The van der Waals surface area contributed by atoms with Crippen LogP contribution in [0.5, 0.6) is 0 Å². The molecule has 1 aliphatic heterocycles. The van der Waals surface area contributed by atoms with Crippen LogP contribution in [-0.4, -0.2) is 34.2 Å². The van der Waals surface area contributed by atoms with Crippen molar-refractivity contribution in [3.8, 4) is 0 Å². The minimum Gasteiger partial charge on any atom is -0.326 e. The standard InChI is InChI=1S/C18H19FN2O5S2/c1-12-6-7-14(20-18(22)13-8-9-27(23,24)11-13)10-17(12)28(25,26)21-16-5-3-2-4-15(16)19/h2-7,10,13,21H,8-9,11H2,1H3,(H,20,22). The summed E-state index contributed by atoms with van der Waals surface area (Å²) in [7, 11) is -7.31. The molecule has 0 aromatic heterocycles. The van der Waals surface area contributed by atoms with E-state index < -0.39 is 37.5 Å². The summed E-state index contributed by atoms with van der Waals surface area (Å²) in [5.74, 6) is -2.11. The molecule has 0 saturated carbocycles. The average Bonchev–Trinajstić information content (AvgIpc) is 2.98. The zero-order valence-electron chi connectivity index (χ0n) is 15.0. The Hall–Kier alpha value is -2.46. The lowest BCUT2D eigenvalue weighted by Gasteiger charge is -2.14. The van der Waals surface area contributed by atoms with Gasteiger partial charge in [0, 0.05) is 5.69 Å². The third kappa shape index (κ3) is 4.50. The van der Waals surface area contributed by atoms with Crippen molar-refractivity contribution in [1.29, 1.82) is 0 Å². The van der Waals surface area contributed by atoms with Crippen LogP contribution in [0.25, 0.3) is 0 Å². The van der Waals surface area contributed by atoms with Crippen molar-refractivity contribution in [1.82, 2.24) is 0 Å². The summed E-state index contributed by atoms with van der Waals surface area (Å²) in [6.45, 7) is 1.57. The van der Waals surface area contributed by atoms with Gasteiger partial charge in [-0.1, -0.05) is 18.2 Å². The minimum atomic E-state index is -4.10. The summed E-state index contributed by atoms with van der Waals surface area (Å²) in [6.07, 6.45) is 0.236. The van der Waals surface area contributed by atoms with Crippen LogP contribution in [0, 0.1) is 18.7 Å². The molecule has 150 valence electrons. The van der Waals surface area contributed by atoms with E-state index >= 15 is 0 Å². The number of sulfone groups is 1. The highest BCUT2D eigenvalue weighted by atomic mass is 32.2. The van der Waals surface area contributed by atoms with Gasteiger partial charge in [0.1, 0.15) is 5.82 Å². The third-order valence-electron chi connectivity index (χ3n) is 4.47. The number of carbonyl (C=O) groups excluding carboxylic acids is 1. The molecule has 28 heavy (non-hydrogen) atoms. The van der Waals surface area contributed by atoms with Gasteiger partial charge in [0.2, 0.25) is 5.91 Å². The lowest BCUT2D eigenvalue weighted by Crippen LogP contribution is -2.24. The molecule has 1 saturated heterocycles. The molecule has 1 heterocycles. The number of hydrogen-bond acceptors (Lipinski definition) is 5. The molecule has 2 N–H and O–H groups in total. The Bertz CT molecular complexity index is 1130. The first-order valence-electron chi connectivity index (χ1n) is 8.47. The normalized spacial score (nSPS) is 18.6. The number of aryl methyl sites for hydroxylation is 1. The molecular weight excluding hydrogens is 407 g/mol. The number of rotatable bonds is 5. The van der Waals surface area contributed by atoms with E-state index in [-0.39, 0.29) is 34.2 Å². The highest BCUT2D eigenvalue weighted by Crippen LogP contribution is 2.25. The van der Waals surface area contributed by atoms with Crippen molar-refractivity contribution >= 4 is 37.1 Å². The predicted molar refractivity (Wildman–Crippen MR) is 104 cm³/mol. The fourth-order valence-corrected chi connectivity index (χ4v) is 6.04. The second-order valence-corrected chi connectivity index (χ2v) is 10.5. The van der Waals surface area contributed by atoms with Gasteiger partial charge < -0.3 is 5.32 Å². The van der Waals surface area contributed by atoms with Crippen molar-refractivity contribution in [2.75, 3.05) is 21.5 Å². The largest absolute Gasteiger partial charge is 0.326 e. The van der Waals surface area contributed by atoms with Gasteiger partial charge in [0.15, 0.2) is 9.84 Å². The molecule has 2 aromatic rings. The average molecular weight is 426 g/mol. The molecule has 7 nitrogen and oxygen atoms in total. The molecule has 1 aliphatic rings. The van der Waals surface area contributed by atoms with E-state index in [0.717, 1.165) is 6.07 Å². The maximum atomic E-state index is 13.8. The number of para-hydroxylation sites is 1. The second-order valence-electron chi connectivity index (χ2n) is 6.65. The maximum absolute atomic E-state index is 13.8. The molecule has 1 unspecified atom stereocenters. The van der Waals surface area contributed by atoms with Gasteiger partial charge in [-0.05, 0) is 43.2 Å². The van der Waals surface area contributed by atoms with E-state index in [0.29, 0.717) is 5.56 Å². The van der Waals surface area contributed by atoms with Crippen molar-refractivity contribution in [3.63, 3.8) is 0 Å². The Labute approximate surface area is 162 Å². The van der Waals surface area contributed by atoms with Crippen LogP contribution >= 0.6 is 0 Å². The summed E-state index contributed by atoms with van der Waals surface area (Å²) in [6, 6.07) is 9.68. The molecule has 1 amide bonds. The number of halogens is 1. The van der Waals surface area contributed by atoms with E-state index in [9.17, 15) is 26.0 Å². The van der Waals surface area contributed by atoms with E-state index in [1.54, 1.807) is 6.92 Å². The van der Waals surface area contributed by atoms with Gasteiger partial charge in [-0.25, -0.2) is 21.2 Å². The first kappa shape index (κ1) is 20.3. The minimum absolute atomic E-state index is 0.0365. The molecule has 10 heteroatoms. The summed E-state index contributed by atoms with van der Waals surface area (Å²) >= 11 is 0. The SMILES string of the molecule is Cc1ccc(NC(=O)C2CCS(=O)(=O)C2)cc1S(=O)(=O)Nc1ccccc1F. The number of benzene rings is 2. The smallest absolute Gasteiger partial charge is 0.262 e. The third-order valence-corrected chi connectivity index (χ3v) is 7.74. The summed E-state index contributed by atoms with van der Waals surface area (Å²) in [5, 5.41) is 2.57. The molecule has 0 bridgehead atoms. The van der Waals surface area contributed by atoms with Crippen LogP contribution in [0.2, 0.25) is 0 Å². The summed E-state index contributed by atoms with van der Waals surface area (Å²) in [4.78, 5) is 12.2. The van der Waals surface area contributed by atoms with E-state index in [1.807, 2.05) is 0 Å². The van der Waals surface area contributed by atoms with Crippen LogP contribution < -0.4 is 10.0 Å². The van der Waals surface area contributed by atoms with Crippen molar-refractivity contribution in [2.45, 2.75) is 18.2 Å². The van der Waals surface area contributed by atoms with Gasteiger partial charge in [-0.2, -0.15) is 0 Å². The fourth-order valence-electron chi connectivity index (χ4n) is 2.96. The number of carbonyl (C=O) groups is 1. The van der Waals surface area contributed by atoms with E-state index in [1.165, 1.54) is 36.4 Å². The quantitative estimate of drug-likeness (QED) is 0.763. The van der Waals surface area contributed by atoms with Crippen LogP contribution in [-0.2, 0) is 24.7 Å². The molecule has 0 spiro atoms. The number of amides is 1. The molecule has 1 atom stereocenters. The first-order chi connectivity index (χ1) is 13.1. The Balaban J connectivity index is 1.83. The molecule has 0 radical (unpaired) electrons. The Morgan fingerprint density at radius 3 is 2.54 bits per heavy atom. The predicted octanol–water partition coefficient (Wildman–Crippen LogP) is 2.31. The number of nitrogens with one attached hydrogen (secondary N) is 2. The second kappa shape index (κ2) is 7.51. The number of sulfonamides is 1. The topological polar surface area (TPSA) is 109 Å². The Morgan fingerprint density at radius 1 is 1.18 bits per heavy atom. The molecular formula is C18H19FN2O5S2. The highest BCUT2D eigenvalue weighted by Gasteiger charge is 2.33. The van der Waals surface area contributed by atoms with Crippen LogP contribution in [0.15, 0.2) is 47.4 Å². The van der Waals surface area contributed by atoms with E-state index in [2.05, 4.69) is 10.0 Å². The fraction of sp³-hybridized carbons (Fsp3) is 0.278.